The first kappa shape index (κ1) is 57.2. The molecular formula is C60H66F6O10. The van der Waals surface area contributed by atoms with Gasteiger partial charge < -0.3 is 47.4 Å². The van der Waals surface area contributed by atoms with Crippen LogP contribution in [0.2, 0.25) is 0 Å². The largest absolute Gasteiger partial charge is 0.573 e. The molecule has 0 saturated carbocycles. The highest BCUT2D eigenvalue weighted by Gasteiger charge is 2.35. The van der Waals surface area contributed by atoms with Gasteiger partial charge in [0, 0.05) is 65.0 Å². The Morgan fingerprint density at radius 1 is 0.276 bits per heavy atom. The number of ether oxygens (including phenoxy) is 10. The van der Waals surface area contributed by atoms with Crippen LogP contribution in [0.25, 0.3) is 0 Å². The van der Waals surface area contributed by atoms with E-state index in [9.17, 15) is 26.3 Å². The molecule has 6 aromatic rings. The maximum atomic E-state index is 14.7. The maximum Gasteiger partial charge on any atom is 0.573 e. The summed E-state index contributed by atoms with van der Waals surface area (Å²) in [6.07, 6.45) is -9.76. The van der Waals surface area contributed by atoms with E-state index in [0.717, 1.165) is 0 Å². The molecule has 0 atom stereocenters. The van der Waals surface area contributed by atoms with Crippen molar-refractivity contribution in [2.45, 2.75) is 78.9 Å². The predicted molar refractivity (Wildman–Crippen MR) is 277 cm³/mol. The van der Waals surface area contributed by atoms with Gasteiger partial charge in [0.05, 0.1) is 26.4 Å². The molecule has 408 valence electrons. The van der Waals surface area contributed by atoms with Gasteiger partial charge in [-0.3, -0.25) is 0 Å². The molecule has 0 amide bonds. The van der Waals surface area contributed by atoms with Crippen LogP contribution in [-0.2, 0) is 57.5 Å². The standard InChI is InChI=1S/C60H66F6O10/c1-5-67-27-31-71-53-41-15-9-19-45(53)37-49-23-13-24-50(57(49)75-59(61,62)63)39-47-21-11-17-43(55(47)73-33-29-69-7-3)36-44-18-12-22-48(56(44)74-34-30-70-8-4)40-52-26-14-25-51(58(52)76-60(64,65)66)38-46-20-10-16-42(35-41)54(46)72-32-28-68-6-2/h9-26H,5-8,27-40H2,1-4H3. The lowest BCUT2D eigenvalue weighted by Gasteiger charge is -2.23. The molecule has 6 aromatic carbocycles. The number of hydrogen-bond acceptors (Lipinski definition) is 10. The van der Waals surface area contributed by atoms with Crippen molar-refractivity contribution in [1.29, 1.82) is 0 Å². The fraction of sp³-hybridized carbons (Fsp3) is 0.400. The second-order valence-corrected chi connectivity index (χ2v) is 17.8. The van der Waals surface area contributed by atoms with E-state index in [1.54, 1.807) is 60.7 Å². The minimum atomic E-state index is -5.04. The molecule has 0 spiro atoms. The molecule has 76 heavy (non-hydrogen) atoms. The van der Waals surface area contributed by atoms with Crippen molar-refractivity contribution in [3.8, 4) is 34.5 Å². The first-order valence-corrected chi connectivity index (χ1v) is 25.8. The average Bonchev–Trinajstić information content (AvgIpc) is 3.40. The summed E-state index contributed by atoms with van der Waals surface area (Å²) in [6, 6.07) is 31.8. The third-order valence-corrected chi connectivity index (χ3v) is 12.5. The van der Waals surface area contributed by atoms with Gasteiger partial charge in [0.15, 0.2) is 0 Å². The summed E-state index contributed by atoms with van der Waals surface area (Å²) in [6.45, 7) is 10.7. The van der Waals surface area contributed by atoms with Crippen LogP contribution in [0.1, 0.15) is 94.5 Å². The Balaban J connectivity index is 1.48. The average molecular weight is 1060 g/mol. The fourth-order valence-electron chi connectivity index (χ4n) is 9.35. The zero-order valence-electron chi connectivity index (χ0n) is 43.5. The molecule has 0 radical (unpaired) electrons. The van der Waals surface area contributed by atoms with Gasteiger partial charge in [-0.15, -0.1) is 26.3 Å². The van der Waals surface area contributed by atoms with E-state index in [1.807, 2.05) is 76.2 Å². The van der Waals surface area contributed by atoms with Crippen LogP contribution in [0.3, 0.4) is 0 Å². The minimum absolute atomic E-state index is 0.0205. The Kier molecular flexibility index (Phi) is 21.1. The van der Waals surface area contributed by atoms with Crippen LogP contribution >= 0.6 is 0 Å². The smallest absolute Gasteiger partial charge is 0.491 e. The van der Waals surface area contributed by atoms with Gasteiger partial charge in [0.2, 0.25) is 0 Å². The van der Waals surface area contributed by atoms with Crippen LogP contribution in [0.4, 0.5) is 26.3 Å². The molecule has 0 N–H and O–H groups in total. The topological polar surface area (TPSA) is 92.3 Å². The summed E-state index contributed by atoms with van der Waals surface area (Å²) in [5, 5.41) is 0. The van der Waals surface area contributed by atoms with Gasteiger partial charge in [-0.1, -0.05) is 109 Å². The SMILES string of the molecule is CCOCCOc1c2cccc1Cc1cccc(c1OC(F)(F)F)Cc1cccc(c1OCCOCC)Cc1cccc(c1OCCOCC)Cc1cccc(c1OC(F)(F)F)Cc1cccc(c1OCCOCC)C2. The Labute approximate surface area is 441 Å². The Morgan fingerprint density at radius 2 is 0.447 bits per heavy atom. The van der Waals surface area contributed by atoms with E-state index in [-0.39, 0.29) is 125 Å². The lowest BCUT2D eigenvalue weighted by atomic mass is 9.91. The Morgan fingerprint density at radius 3 is 0.605 bits per heavy atom. The molecule has 0 fully saturated rings. The van der Waals surface area contributed by atoms with Crippen molar-refractivity contribution in [3.63, 3.8) is 0 Å². The predicted octanol–water partition coefficient (Wildman–Crippen LogP) is 13.0. The second kappa shape index (κ2) is 28.1. The van der Waals surface area contributed by atoms with Gasteiger partial charge in [0.1, 0.15) is 60.9 Å². The molecule has 7 rings (SSSR count). The van der Waals surface area contributed by atoms with E-state index < -0.39 is 12.7 Å². The van der Waals surface area contributed by atoms with Crippen molar-refractivity contribution in [1.82, 2.24) is 0 Å². The van der Waals surface area contributed by atoms with Gasteiger partial charge in [0.25, 0.3) is 0 Å². The first-order chi connectivity index (χ1) is 36.8. The second-order valence-electron chi connectivity index (χ2n) is 17.8. The molecule has 0 aromatic heterocycles. The zero-order valence-corrected chi connectivity index (χ0v) is 43.5. The number of fused-ring (bicyclic) bond motifs is 12. The highest BCUT2D eigenvalue weighted by molar-refractivity contribution is 5.57. The summed E-state index contributed by atoms with van der Waals surface area (Å²) >= 11 is 0. The van der Waals surface area contributed by atoms with Crippen molar-refractivity contribution in [2.75, 3.05) is 79.3 Å². The summed E-state index contributed by atoms with van der Waals surface area (Å²) in [5.41, 5.74) is 6.09. The van der Waals surface area contributed by atoms with E-state index in [4.69, 9.17) is 47.4 Å². The monoisotopic (exact) mass is 1060 g/mol. The maximum absolute atomic E-state index is 14.7. The van der Waals surface area contributed by atoms with Gasteiger partial charge in [-0.2, -0.15) is 0 Å². The number of halogens is 6. The zero-order chi connectivity index (χ0) is 53.9. The van der Waals surface area contributed by atoms with Crippen molar-refractivity contribution < 1.29 is 73.7 Å². The lowest BCUT2D eigenvalue weighted by molar-refractivity contribution is -0.276. The molecule has 1 aliphatic rings. The first-order valence-electron chi connectivity index (χ1n) is 25.8. The molecule has 0 aliphatic heterocycles. The molecule has 12 bridgehead atoms. The van der Waals surface area contributed by atoms with Crippen molar-refractivity contribution in [2.24, 2.45) is 0 Å². The molecule has 0 heterocycles. The summed E-state index contributed by atoms with van der Waals surface area (Å²) in [7, 11) is 0. The minimum Gasteiger partial charge on any atom is -0.491 e. The van der Waals surface area contributed by atoms with Gasteiger partial charge in [-0.05, 0) is 94.5 Å². The van der Waals surface area contributed by atoms with E-state index in [2.05, 4.69) is 0 Å². The summed E-state index contributed by atoms with van der Waals surface area (Å²) < 4.78 is 147. The molecule has 10 nitrogen and oxygen atoms in total. The quantitative estimate of drug-likeness (QED) is 0.0483. The molecule has 0 saturated heterocycles. The molecule has 16 heteroatoms. The molecule has 1 aliphatic carbocycles. The van der Waals surface area contributed by atoms with E-state index >= 15 is 0 Å². The van der Waals surface area contributed by atoms with Gasteiger partial charge in [-0.25, -0.2) is 0 Å². The van der Waals surface area contributed by atoms with Gasteiger partial charge >= 0.3 is 12.7 Å². The normalized spacial score (nSPS) is 12.9. The number of para-hydroxylation sites is 6. The third-order valence-electron chi connectivity index (χ3n) is 12.5. The van der Waals surface area contributed by atoms with Crippen molar-refractivity contribution >= 4 is 0 Å². The number of alkyl halides is 6. The number of hydrogen-bond donors (Lipinski definition) is 0. The van der Waals surface area contributed by atoms with Crippen LogP contribution < -0.4 is 28.4 Å². The molecular weight excluding hydrogens is 995 g/mol. The third kappa shape index (κ3) is 16.3. The summed E-state index contributed by atoms with van der Waals surface area (Å²) in [5.74, 6) is 1.05. The number of benzene rings is 6. The van der Waals surface area contributed by atoms with Crippen LogP contribution in [-0.4, -0.2) is 92.0 Å². The van der Waals surface area contributed by atoms with E-state index in [1.165, 1.54) is 0 Å². The van der Waals surface area contributed by atoms with Crippen molar-refractivity contribution in [3.05, 3.63) is 176 Å². The number of rotatable bonds is 22. The Hall–Kier alpha value is -6.46. The highest BCUT2D eigenvalue weighted by Crippen LogP contribution is 2.42. The highest BCUT2D eigenvalue weighted by atomic mass is 19.4. The van der Waals surface area contributed by atoms with Crippen LogP contribution in [0, 0.1) is 0 Å². The van der Waals surface area contributed by atoms with Crippen LogP contribution in [0.5, 0.6) is 34.5 Å². The Bertz CT molecular complexity index is 2440. The summed E-state index contributed by atoms with van der Waals surface area (Å²) in [4.78, 5) is 0. The lowest BCUT2D eigenvalue weighted by Crippen LogP contribution is -2.20. The molecule has 0 unspecified atom stereocenters. The van der Waals surface area contributed by atoms with Crippen LogP contribution in [0.15, 0.2) is 109 Å². The fourth-order valence-corrected chi connectivity index (χ4v) is 9.35. The van der Waals surface area contributed by atoms with E-state index in [0.29, 0.717) is 93.9 Å².